The van der Waals surface area contributed by atoms with E-state index in [1.807, 2.05) is 6.07 Å². The maximum Gasteiger partial charge on any atom is 0.223 e. The van der Waals surface area contributed by atoms with Crippen LogP contribution in [0.1, 0.15) is 39.5 Å². The molecule has 0 atom stereocenters. The highest BCUT2D eigenvalue weighted by Gasteiger charge is 2.25. The average Bonchev–Trinajstić information content (AvgIpc) is 3.19. The molecule has 5 nitrogen and oxygen atoms in total. The van der Waals surface area contributed by atoms with E-state index in [-0.39, 0.29) is 0 Å². The van der Waals surface area contributed by atoms with Crippen LogP contribution in [0.25, 0.3) is 0 Å². The van der Waals surface area contributed by atoms with Crippen molar-refractivity contribution in [2.24, 2.45) is 5.92 Å². The molecule has 106 valence electrons. The van der Waals surface area contributed by atoms with Gasteiger partial charge >= 0.3 is 0 Å². The third kappa shape index (κ3) is 4.26. The van der Waals surface area contributed by atoms with E-state index in [9.17, 15) is 0 Å². The second-order valence-electron chi connectivity index (χ2n) is 5.29. The van der Waals surface area contributed by atoms with Gasteiger partial charge in [0.2, 0.25) is 5.95 Å². The molecule has 19 heavy (non-hydrogen) atoms. The van der Waals surface area contributed by atoms with Gasteiger partial charge < -0.3 is 16.0 Å². The van der Waals surface area contributed by atoms with Crippen LogP contribution in [0.3, 0.4) is 0 Å². The quantitative estimate of drug-likeness (QED) is 0.754. The fraction of sp³-hybridized carbons (Fsp3) is 0.714. The molecule has 3 N–H and O–H groups in total. The Bertz CT molecular complexity index is 403. The molecule has 0 aliphatic heterocycles. The van der Waals surface area contributed by atoms with Crippen molar-refractivity contribution < 1.29 is 0 Å². The fourth-order valence-electron chi connectivity index (χ4n) is 2.14. The molecule has 0 spiro atoms. The maximum atomic E-state index is 5.82. The summed E-state index contributed by atoms with van der Waals surface area (Å²) in [4.78, 5) is 11.0. The first-order valence-electron chi connectivity index (χ1n) is 7.36. The van der Waals surface area contributed by atoms with Crippen molar-refractivity contribution >= 4 is 17.6 Å². The standard InChI is InChI=1S/C14H25N5/c1-3-7-16-12-9-13(18-14(15)17-12)19(8-4-2)10-11-5-6-11/h9,11H,3-8,10H2,1-2H3,(H3,15,16,17,18). The molecule has 1 heterocycles. The first kappa shape index (κ1) is 13.9. The van der Waals surface area contributed by atoms with Gasteiger partial charge in [-0.1, -0.05) is 13.8 Å². The summed E-state index contributed by atoms with van der Waals surface area (Å²) < 4.78 is 0. The van der Waals surface area contributed by atoms with E-state index in [1.54, 1.807) is 0 Å². The Balaban J connectivity index is 2.11. The summed E-state index contributed by atoms with van der Waals surface area (Å²) in [6.07, 6.45) is 4.89. The summed E-state index contributed by atoms with van der Waals surface area (Å²) >= 11 is 0. The second-order valence-corrected chi connectivity index (χ2v) is 5.29. The van der Waals surface area contributed by atoms with Crippen LogP contribution in [-0.2, 0) is 0 Å². The summed E-state index contributed by atoms with van der Waals surface area (Å²) in [6, 6.07) is 2.02. The van der Waals surface area contributed by atoms with Crippen LogP contribution in [0.4, 0.5) is 17.6 Å². The Morgan fingerprint density at radius 2 is 2.11 bits per heavy atom. The monoisotopic (exact) mass is 263 g/mol. The smallest absolute Gasteiger partial charge is 0.223 e. The largest absolute Gasteiger partial charge is 0.370 e. The normalized spacial score (nSPS) is 14.4. The molecule has 1 aliphatic rings. The van der Waals surface area contributed by atoms with E-state index in [1.165, 1.54) is 12.8 Å². The minimum atomic E-state index is 0.355. The van der Waals surface area contributed by atoms with E-state index < -0.39 is 0 Å². The van der Waals surface area contributed by atoms with E-state index in [2.05, 4.69) is 34.0 Å². The van der Waals surface area contributed by atoms with Crippen molar-refractivity contribution in [3.8, 4) is 0 Å². The van der Waals surface area contributed by atoms with Crippen LogP contribution >= 0.6 is 0 Å². The van der Waals surface area contributed by atoms with Crippen molar-refractivity contribution in [2.75, 3.05) is 35.6 Å². The van der Waals surface area contributed by atoms with E-state index in [0.29, 0.717) is 5.95 Å². The van der Waals surface area contributed by atoms with Crippen molar-refractivity contribution in [1.29, 1.82) is 0 Å². The van der Waals surface area contributed by atoms with Gasteiger partial charge in [0, 0.05) is 25.7 Å². The van der Waals surface area contributed by atoms with Gasteiger partial charge in [-0.2, -0.15) is 9.97 Å². The molecule has 0 bridgehead atoms. The van der Waals surface area contributed by atoms with Crippen molar-refractivity contribution in [3.63, 3.8) is 0 Å². The molecule has 1 aromatic heterocycles. The molecule has 0 unspecified atom stereocenters. The van der Waals surface area contributed by atoms with Gasteiger partial charge in [0.05, 0.1) is 0 Å². The molecular weight excluding hydrogens is 238 g/mol. The summed E-state index contributed by atoms with van der Waals surface area (Å²) in [6.45, 7) is 7.36. The number of hydrogen-bond acceptors (Lipinski definition) is 5. The lowest BCUT2D eigenvalue weighted by atomic mass is 10.3. The summed E-state index contributed by atoms with van der Waals surface area (Å²) in [5, 5.41) is 3.28. The van der Waals surface area contributed by atoms with Crippen molar-refractivity contribution in [1.82, 2.24) is 9.97 Å². The van der Waals surface area contributed by atoms with Gasteiger partial charge in [0.15, 0.2) is 0 Å². The average molecular weight is 263 g/mol. The highest BCUT2D eigenvalue weighted by molar-refractivity contribution is 5.52. The summed E-state index contributed by atoms with van der Waals surface area (Å²) in [5.74, 6) is 2.99. The molecule has 0 amide bonds. The second kappa shape index (κ2) is 6.59. The molecule has 0 aromatic carbocycles. The molecular formula is C14H25N5. The Kier molecular flexibility index (Phi) is 4.82. The fourth-order valence-corrected chi connectivity index (χ4v) is 2.14. The Morgan fingerprint density at radius 1 is 1.32 bits per heavy atom. The van der Waals surface area contributed by atoms with Gasteiger partial charge in [0.25, 0.3) is 0 Å². The van der Waals surface area contributed by atoms with Gasteiger partial charge in [-0.25, -0.2) is 0 Å². The first-order valence-corrected chi connectivity index (χ1v) is 7.36. The number of anilines is 3. The number of rotatable bonds is 8. The van der Waals surface area contributed by atoms with Crippen LogP contribution in [-0.4, -0.2) is 29.6 Å². The van der Waals surface area contributed by atoms with Gasteiger partial charge in [0.1, 0.15) is 11.6 Å². The highest BCUT2D eigenvalue weighted by Crippen LogP contribution is 2.31. The third-order valence-electron chi connectivity index (χ3n) is 3.28. The summed E-state index contributed by atoms with van der Waals surface area (Å²) in [5.41, 5.74) is 5.82. The maximum absolute atomic E-state index is 5.82. The number of aromatic nitrogens is 2. The predicted octanol–water partition coefficient (Wildman–Crippen LogP) is 2.51. The Morgan fingerprint density at radius 3 is 2.74 bits per heavy atom. The summed E-state index contributed by atoms with van der Waals surface area (Å²) in [7, 11) is 0. The zero-order chi connectivity index (χ0) is 13.7. The third-order valence-corrected chi connectivity index (χ3v) is 3.28. The van der Waals surface area contributed by atoms with Crippen LogP contribution in [0.2, 0.25) is 0 Å². The topological polar surface area (TPSA) is 67.1 Å². The lowest BCUT2D eigenvalue weighted by Gasteiger charge is -2.23. The molecule has 1 saturated carbocycles. The van der Waals surface area contributed by atoms with Gasteiger partial charge in [-0.15, -0.1) is 0 Å². The van der Waals surface area contributed by atoms with Crippen molar-refractivity contribution in [3.05, 3.63) is 6.07 Å². The number of nitrogen functional groups attached to an aromatic ring is 1. The first-order chi connectivity index (χ1) is 9.22. The predicted molar refractivity (Wildman–Crippen MR) is 80.5 cm³/mol. The van der Waals surface area contributed by atoms with E-state index in [4.69, 9.17) is 5.73 Å². The Hall–Kier alpha value is -1.52. The zero-order valence-corrected chi connectivity index (χ0v) is 12.0. The SMILES string of the molecule is CCCNc1cc(N(CCC)CC2CC2)nc(N)n1. The van der Waals surface area contributed by atoms with Crippen molar-refractivity contribution in [2.45, 2.75) is 39.5 Å². The Labute approximate surface area is 115 Å². The van der Waals surface area contributed by atoms with Crippen LogP contribution < -0.4 is 16.0 Å². The van der Waals surface area contributed by atoms with Crippen LogP contribution in [0.15, 0.2) is 6.07 Å². The van der Waals surface area contributed by atoms with E-state index in [0.717, 1.165) is 50.0 Å². The highest BCUT2D eigenvalue weighted by atomic mass is 15.2. The van der Waals surface area contributed by atoms with Crippen LogP contribution in [0, 0.1) is 5.92 Å². The molecule has 2 rings (SSSR count). The van der Waals surface area contributed by atoms with Crippen LogP contribution in [0.5, 0.6) is 0 Å². The molecule has 0 saturated heterocycles. The number of nitrogens with zero attached hydrogens (tertiary/aromatic N) is 3. The molecule has 0 radical (unpaired) electrons. The minimum Gasteiger partial charge on any atom is -0.370 e. The molecule has 1 aromatic rings. The number of nitrogens with two attached hydrogens (primary N) is 1. The zero-order valence-electron chi connectivity index (χ0n) is 12.0. The number of hydrogen-bond donors (Lipinski definition) is 2. The van der Waals surface area contributed by atoms with Gasteiger partial charge in [-0.3, -0.25) is 0 Å². The molecule has 1 fully saturated rings. The lowest BCUT2D eigenvalue weighted by molar-refractivity contribution is 0.699. The van der Waals surface area contributed by atoms with Gasteiger partial charge in [-0.05, 0) is 31.6 Å². The molecule has 5 heteroatoms. The minimum absolute atomic E-state index is 0.355. The molecule has 1 aliphatic carbocycles. The number of nitrogens with one attached hydrogen (secondary N) is 1. The van der Waals surface area contributed by atoms with E-state index >= 15 is 0 Å². The lowest BCUT2D eigenvalue weighted by Crippen LogP contribution is -2.28.